The molecule has 0 saturated carbocycles. The Labute approximate surface area is 209 Å². The minimum atomic E-state index is -0.687. The van der Waals surface area contributed by atoms with Gasteiger partial charge in [0.2, 0.25) is 5.91 Å². The molecule has 1 atom stereocenters. The average Bonchev–Trinajstić information content (AvgIpc) is 2.82. The van der Waals surface area contributed by atoms with Crippen LogP contribution in [0.25, 0.3) is 0 Å². The van der Waals surface area contributed by atoms with Crippen molar-refractivity contribution in [2.24, 2.45) is 0 Å². The lowest BCUT2D eigenvalue weighted by molar-refractivity contribution is -0.143. The van der Waals surface area contributed by atoms with Crippen molar-refractivity contribution in [3.05, 3.63) is 101 Å². The Hall–Kier alpha value is -3.60. The molecular weight excluding hydrogens is 436 g/mol. The van der Waals surface area contributed by atoms with Crippen molar-refractivity contribution < 1.29 is 14.3 Å². The minimum absolute atomic E-state index is 0.149. The SMILES string of the molecule is Cc1ccc(OCC(=O)N(Cc2ccccc2)C(Cc2ccccc2)C(=O)NC(C)(C)C)cc1C. The first-order chi connectivity index (χ1) is 16.6. The molecule has 0 spiro atoms. The van der Waals surface area contributed by atoms with Crippen LogP contribution in [0.1, 0.15) is 43.0 Å². The molecule has 0 bridgehead atoms. The number of aryl methyl sites for hydroxylation is 2. The summed E-state index contributed by atoms with van der Waals surface area (Å²) < 4.78 is 5.88. The maximum atomic E-state index is 13.6. The zero-order valence-corrected chi connectivity index (χ0v) is 21.4. The van der Waals surface area contributed by atoms with E-state index < -0.39 is 11.6 Å². The van der Waals surface area contributed by atoms with Gasteiger partial charge in [-0.05, 0) is 69.0 Å². The van der Waals surface area contributed by atoms with E-state index in [4.69, 9.17) is 4.74 Å². The van der Waals surface area contributed by atoms with Gasteiger partial charge >= 0.3 is 0 Å². The van der Waals surface area contributed by atoms with Crippen LogP contribution in [0.2, 0.25) is 0 Å². The summed E-state index contributed by atoms with van der Waals surface area (Å²) >= 11 is 0. The predicted molar refractivity (Wildman–Crippen MR) is 140 cm³/mol. The Morgan fingerprint density at radius 3 is 2.03 bits per heavy atom. The summed E-state index contributed by atoms with van der Waals surface area (Å²) in [6, 6.07) is 24.6. The molecule has 3 aromatic carbocycles. The van der Waals surface area contributed by atoms with Crippen molar-refractivity contribution in [1.82, 2.24) is 10.2 Å². The molecule has 1 N–H and O–H groups in total. The normalized spacial score (nSPS) is 12.0. The molecule has 0 aliphatic heterocycles. The van der Waals surface area contributed by atoms with Gasteiger partial charge in [-0.25, -0.2) is 0 Å². The third-order valence-corrected chi connectivity index (χ3v) is 5.81. The molecule has 5 heteroatoms. The van der Waals surface area contributed by atoms with Gasteiger partial charge in [0.05, 0.1) is 0 Å². The molecule has 0 aromatic heterocycles. The van der Waals surface area contributed by atoms with Gasteiger partial charge in [0, 0.05) is 18.5 Å². The number of carbonyl (C=O) groups excluding carboxylic acids is 2. The molecular formula is C30H36N2O3. The van der Waals surface area contributed by atoms with Gasteiger partial charge in [0.1, 0.15) is 11.8 Å². The third-order valence-electron chi connectivity index (χ3n) is 5.81. The van der Waals surface area contributed by atoms with Crippen LogP contribution in [0, 0.1) is 13.8 Å². The molecule has 3 rings (SSSR count). The predicted octanol–water partition coefficient (Wildman–Crippen LogP) is 5.24. The molecule has 1 unspecified atom stereocenters. The first-order valence-corrected chi connectivity index (χ1v) is 12.0. The van der Waals surface area contributed by atoms with E-state index in [9.17, 15) is 9.59 Å². The summed E-state index contributed by atoms with van der Waals surface area (Å²) in [6.07, 6.45) is 0.408. The van der Waals surface area contributed by atoms with Crippen LogP contribution in [0.4, 0.5) is 0 Å². The molecule has 0 aliphatic rings. The lowest BCUT2D eigenvalue weighted by Gasteiger charge is -2.33. The molecule has 184 valence electrons. The molecule has 0 aliphatic carbocycles. The fourth-order valence-corrected chi connectivity index (χ4v) is 3.82. The van der Waals surface area contributed by atoms with Gasteiger partial charge in [-0.15, -0.1) is 0 Å². The number of carbonyl (C=O) groups is 2. The highest BCUT2D eigenvalue weighted by Gasteiger charge is 2.32. The standard InChI is InChI=1S/C30H36N2O3/c1-22-16-17-26(18-23(22)2)35-21-28(33)32(20-25-14-10-7-11-15-25)27(29(34)31-30(3,4)5)19-24-12-8-6-9-13-24/h6-18,27H,19-21H2,1-5H3,(H,31,34). The van der Waals surface area contributed by atoms with E-state index in [-0.39, 0.29) is 18.4 Å². The summed E-state index contributed by atoms with van der Waals surface area (Å²) in [5.41, 5.74) is 3.78. The van der Waals surface area contributed by atoms with Crippen LogP contribution >= 0.6 is 0 Å². The van der Waals surface area contributed by atoms with E-state index in [0.29, 0.717) is 18.7 Å². The summed E-state index contributed by atoms with van der Waals surface area (Å²) in [5, 5.41) is 3.07. The molecule has 5 nitrogen and oxygen atoms in total. The van der Waals surface area contributed by atoms with E-state index in [1.165, 1.54) is 0 Å². The van der Waals surface area contributed by atoms with Crippen LogP contribution in [-0.2, 0) is 22.6 Å². The van der Waals surface area contributed by atoms with Gasteiger partial charge in [-0.2, -0.15) is 0 Å². The number of hydrogen-bond donors (Lipinski definition) is 1. The first kappa shape index (κ1) is 26.0. The van der Waals surface area contributed by atoms with Crippen LogP contribution < -0.4 is 10.1 Å². The lowest BCUT2D eigenvalue weighted by Crippen LogP contribution is -2.55. The topological polar surface area (TPSA) is 58.6 Å². The van der Waals surface area contributed by atoms with E-state index in [1.54, 1.807) is 4.90 Å². The van der Waals surface area contributed by atoms with Gasteiger partial charge in [-0.3, -0.25) is 9.59 Å². The second-order valence-electron chi connectivity index (χ2n) is 9.99. The highest BCUT2D eigenvalue weighted by atomic mass is 16.5. The lowest BCUT2D eigenvalue weighted by atomic mass is 10.0. The van der Waals surface area contributed by atoms with Crippen molar-refractivity contribution in [1.29, 1.82) is 0 Å². The Kier molecular flexibility index (Phi) is 8.69. The van der Waals surface area contributed by atoms with Gasteiger partial charge in [-0.1, -0.05) is 66.7 Å². The quantitative estimate of drug-likeness (QED) is 0.464. The van der Waals surface area contributed by atoms with Crippen molar-refractivity contribution in [2.45, 2.75) is 59.2 Å². The summed E-state index contributed by atoms with van der Waals surface area (Å²) in [6.45, 7) is 10.0. The third kappa shape index (κ3) is 7.99. The molecule has 2 amide bonds. The second-order valence-corrected chi connectivity index (χ2v) is 9.99. The van der Waals surface area contributed by atoms with Crippen LogP contribution in [0.3, 0.4) is 0 Å². The highest BCUT2D eigenvalue weighted by Crippen LogP contribution is 2.19. The van der Waals surface area contributed by atoms with Crippen molar-refractivity contribution in [3.63, 3.8) is 0 Å². The summed E-state index contributed by atoms with van der Waals surface area (Å²) in [5.74, 6) is 0.216. The van der Waals surface area contributed by atoms with E-state index in [2.05, 4.69) is 5.32 Å². The number of nitrogens with one attached hydrogen (secondary N) is 1. The maximum absolute atomic E-state index is 13.6. The number of benzene rings is 3. The van der Waals surface area contributed by atoms with E-state index in [0.717, 1.165) is 22.3 Å². The first-order valence-electron chi connectivity index (χ1n) is 12.0. The molecule has 0 radical (unpaired) electrons. The number of amides is 2. The maximum Gasteiger partial charge on any atom is 0.261 e. The molecule has 0 fully saturated rings. The van der Waals surface area contributed by atoms with Crippen molar-refractivity contribution in [2.75, 3.05) is 6.61 Å². The summed E-state index contributed by atoms with van der Waals surface area (Å²) in [7, 11) is 0. The minimum Gasteiger partial charge on any atom is -0.484 e. The number of ether oxygens (including phenoxy) is 1. The highest BCUT2D eigenvalue weighted by molar-refractivity contribution is 5.89. The largest absolute Gasteiger partial charge is 0.484 e. The van der Waals surface area contributed by atoms with Gasteiger partial charge in [0.15, 0.2) is 6.61 Å². The van der Waals surface area contributed by atoms with Crippen molar-refractivity contribution in [3.8, 4) is 5.75 Å². The monoisotopic (exact) mass is 472 g/mol. The van der Waals surface area contributed by atoms with Gasteiger partial charge < -0.3 is 15.0 Å². The smallest absolute Gasteiger partial charge is 0.261 e. The number of rotatable bonds is 9. The van der Waals surface area contributed by atoms with Gasteiger partial charge in [0.25, 0.3) is 5.91 Å². The zero-order valence-electron chi connectivity index (χ0n) is 21.4. The molecule has 3 aromatic rings. The van der Waals surface area contributed by atoms with Crippen LogP contribution in [0.15, 0.2) is 78.9 Å². The van der Waals surface area contributed by atoms with Crippen LogP contribution in [-0.4, -0.2) is 34.9 Å². The fourth-order valence-electron chi connectivity index (χ4n) is 3.82. The Morgan fingerprint density at radius 1 is 0.857 bits per heavy atom. The Morgan fingerprint density at radius 2 is 1.46 bits per heavy atom. The zero-order chi connectivity index (χ0) is 25.4. The Balaban J connectivity index is 1.90. The number of nitrogens with zero attached hydrogens (tertiary/aromatic N) is 1. The molecule has 35 heavy (non-hydrogen) atoms. The van der Waals surface area contributed by atoms with E-state index in [1.807, 2.05) is 113 Å². The molecule has 0 heterocycles. The van der Waals surface area contributed by atoms with Crippen LogP contribution in [0.5, 0.6) is 5.75 Å². The van der Waals surface area contributed by atoms with E-state index >= 15 is 0 Å². The summed E-state index contributed by atoms with van der Waals surface area (Å²) in [4.78, 5) is 28.7. The van der Waals surface area contributed by atoms with Crippen molar-refractivity contribution >= 4 is 11.8 Å². The average molecular weight is 473 g/mol. The Bertz CT molecular complexity index is 1120. The number of hydrogen-bond acceptors (Lipinski definition) is 3. The second kappa shape index (κ2) is 11.7. The molecule has 0 saturated heterocycles. The fraction of sp³-hybridized carbons (Fsp3) is 0.333.